The van der Waals surface area contributed by atoms with Crippen molar-refractivity contribution in [3.05, 3.63) is 29.3 Å². The van der Waals surface area contributed by atoms with Gasteiger partial charge in [0.15, 0.2) is 0 Å². The minimum Gasteiger partial charge on any atom is -0.368 e. The lowest BCUT2D eigenvalue weighted by molar-refractivity contribution is -0.119. The molecule has 3 rings (SSSR count). The molecule has 0 unspecified atom stereocenters. The number of rotatable bonds is 3. The van der Waals surface area contributed by atoms with E-state index >= 15 is 0 Å². The van der Waals surface area contributed by atoms with Gasteiger partial charge >= 0.3 is 0 Å². The van der Waals surface area contributed by atoms with Crippen LogP contribution in [-0.2, 0) is 16.1 Å². The molecular formula is C14H15N3O3. The summed E-state index contributed by atoms with van der Waals surface area (Å²) in [6.07, 6.45) is 1.40. The molecule has 2 heterocycles. The van der Waals surface area contributed by atoms with Crippen LogP contribution in [0.15, 0.2) is 18.2 Å². The van der Waals surface area contributed by atoms with E-state index in [-0.39, 0.29) is 18.4 Å². The van der Waals surface area contributed by atoms with Crippen molar-refractivity contribution in [2.45, 2.75) is 19.4 Å². The molecule has 0 radical (unpaired) electrons. The van der Waals surface area contributed by atoms with E-state index in [1.54, 1.807) is 11.0 Å². The van der Waals surface area contributed by atoms with Gasteiger partial charge in [-0.15, -0.1) is 0 Å². The van der Waals surface area contributed by atoms with Gasteiger partial charge in [-0.25, -0.2) is 0 Å². The average Bonchev–Trinajstić information content (AvgIpc) is 2.94. The van der Waals surface area contributed by atoms with Gasteiger partial charge in [-0.2, -0.15) is 0 Å². The summed E-state index contributed by atoms with van der Waals surface area (Å²) in [7, 11) is 0. The third-order valence-corrected chi connectivity index (χ3v) is 3.70. The van der Waals surface area contributed by atoms with Crippen molar-refractivity contribution < 1.29 is 14.4 Å². The van der Waals surface area contributed by atoms with Crippen LogP contribution in [-0.4, -0.2) is 35.7 Å². The molecule has 1 aromatic rings. The van der Waals surface area contributed by atoms with Gasteiger partial charge in [-0.1, -0.05) is 6.07 Å². The Kier molecular flexibility index (Phi) is 2.93. The summed E-state index contributed by atoms with van der Waals surface area (Å²) in [6, 6.07) is 5.43. The number of nitrogens with two attached hydrogens (primary N) is 1. The normalized spacial score (nSPS) is 17.8. The Balaban J connectivity index is 1.88. The van der Waals surface area contributed by atoms with Crippen molar-refractivity contribution in [3.8, 4) is 0 Å². The number of benzene rings is 1. The summed E-state index contributed by atoms with van der Waals surface area (Å²) in [6.45, 7) is 1.01. The second-order valence-corrected chi connectivity index (χ2v) is 5.12. The van der Waals surface area contributed by atoms with Gasteiger partial charge in [-0.05, 0) is 24.1 Å². The third kappa shape index (κ3) is 2.03. The molecular weight excluding hydrogens is 258 g/mol. The lowest BCUT2D eigenvalue weighted by Crippen LogP contribution is -2.33. The Morgan fingerprint density at radius 3 is 2.75 bits per heavy atom. The number of nitrogens with zero attached hydrogens (tertiary/aromatic N) is 2. The third-order valence-electron chi connectivity index (χ3n) is 3.70. The van der Waals surface area contributed by atoms with E-state index in [4.69, 9.17) is 5.73 Å². The number of amides is 3. The molecule has 2 aliphatic rings. The standard InChI is InChI=1S/C14H15N3O3/c15-12(18)8-16-7-9-3-4-10(6-11(9)14(16)20)17-5-1-2-13(17)19/h3-4,6H,1-2,5,7-8H2,(H2,15,18). The molecule has 3 amide bonds. The molecule has 0 atom stereocenters. The van der Waals surface area contributed by atoms with Crippen LogP contribution in [0, 0.1) is 0 Å². The van der Waals surface area contributed by atoms with E-state index in [0.29, 0.717) is 25.1 Å². The zero-order chi connectivity index (χ0) is 14.3. The second-order valence-electron chi connectivity index (χ2n) is 5.12. The highest BCUT2D eigenvalue weighted by Gasteiger charge is 2.30. The maximum atomic E-state index is 12.2. The van der Waals surface area contributed by atoms with Crippen molar-refractivity contribution in [2.75, 3.05) is 18.0 Å². The Hall–Kier alpha value is -2.37. The SMILES string of the molecule is NC(=O)CN1Cc2ccc(N3CCCC3=O)cc2C1=O. The number of anilines is 1. The fourth-order valence-electron chi connectivity index (χ4n) is 2.75. The highest BCUT2D eigenvalue weighted by molar-refractivity contribution is 6.02. The number of hydrogen-bond donors (Lipinski definition) is 1. The first-order valence-electron chi connectivity index (χ1n) is 6.57. The molecule has 6 heteroatoms. The van der Waals surface area contributed by atoms with E-state index in [1.807, 2.05) is 12.1 Å². The lowest BCUT2D eigenvalue weighted by Gasteiger charge is -2.16. The molecule has 104 valence electrons. The maximum absolute atomic E-state index is 12.2. The van der Waals surface area contributed by atoms with Crippen molar-refractivity contribution >= 4 is 23.4 Å². The van der Waals surface area contributed by atoms with E-state index in [1.165, 1.54) is 4.90 Å². The Morgan fingerprint density at radius 1 is 1.30 bits per heavy atom. The molecule has 0 aromatic heterocycles. The van der Waals surface area contributed by atoms with Crippen LogP contribution in [0.3, 0.4) is 0 Å². The predicted octanol–water partition coefficient (Wildman–Crippen LogP) is 0.254. The van der Waals surface area contributed by atoms with E-state index in [2.05, 4.69) is 0 Å². The fraction of sp³-hybridized carbons (Fsp3) is 0.357. The van der Waals surface area contributed by atoms with Crippen LogP contribution in [0.4, 0.5) is 5.69 Å². The summed E-state index contributed by atoms with van der Waals surface area (Å²) in [5.74, 6) is -0.641. The van der Waals surface area contributed by atoms with Crippen molar-refractivity contribution in [3.63, 3.8) is 0 Å². The monoisotopic (exact) mass is 273 g/mol. The Bertz CT molecular complexity index is 612. The molecule has 1 saturated heterocycles. The largest absolute Gasteiger partial charge is 0.368 e. The molecule has 2 aliphatic heterocycles. The fourth-order valence-corrected chi connectivity index (χ4v) is 2.75. The van der Waals surface area contributed by atoms with Crippen molar-refractivity contribution in [1.82, 2.24) is 4.90 Å². The van der Waals surface area contributed by atoms with Crippen LogP contribution >= 0.6 is 0 Å². The highest BCUT2D eigenvalue weighted by atomic mass is 16.2. The van der Waals surface area contributed by atoms with Gasteiger partial charge in [0.2, 0.25) is 11.8 Å². The molecule has 2 N–H and O–H groups in total. The summed E-state index contributed by atoms with van der Waals surface area (Å²) < 4.78 is 0. The molecule has 0 bridgehead atoms. The quantitative estimate of drug-likeness (QED) is 0.857. The Labute approximate surface area is 116 Å². The number of carbonyl (C=O) groups is 3. The second kappa shape index (κ2) is 4.63. The number of carbonyl (C=O) groups excluding carboxylic acids is 3. The first-order valence-corrected chi connectivity index (χ1v) is 6.57. The van der Waals surface area contributed by atoms with Gasteiger partial charge in [0, 0.05) is 30.8 Å². The van der Waals surface area contributed by atoms with E-state index in [9.17, 15) is 14.4 Å². The zero-order valence-corrected chi connectivity index (χ0v) is 11.0. The maximum Gasteiger partial charge on any atom is 0.255 e. The molecule has 20 heavy (non-hydrogen) atoms. The summed E-state index contributed by atoms with van der Waals surface area (Å²) >= 11 is 0. The lowest BCUT2D eigenvalue weighted by atomic mass is 10.1. The minimum atomic E-state index is -0.527. The van der Waals surface area contributed by atoms with Crippen LogP contribution in [0.2, 0.25) is 0 Å². The van der Waals surface area contributed by atoms with Crippen LogP contribution in [0.25, 0.3) is 0 Å². The number of hydrogen-bond acceptors (Lipinski definition) is 3. The molecule has 0 aliphatic carbocycles. The average molecular weight is 273 g/mol. The highest BCUT2D eigenvalue weighted by Crippen LogP contribution is 2.29. The van der Waals surface area contributed by atoms with Gasteiger partial charge < -0.3 is 15.5 Å². The van der Waals surface area contributed by atoms with Crippen molar-refractivity contribution in [1.29, 1.82) is 0 Å². The van der Waals surface area contributed by atoms with Gasteiger partial charge in [-0.3, -0.25) is 14.4 Å². The van der Waals surface area contributed by atoms with Crippen LogP contribution in [0.5, 0.6) is 0 Å². The zero-order valence-electron chi connectivity index (χ0n) is 11.0. The first kappa shape index (κ1) is 12.7. The summed E-state index contributed by atoms with van der Waals surface area (Å²) in [4.78, 5) is 38.0. The molecule has 6 nitrogen and oxygen atoms in total. The molecule has 0 spiro atoms. The Morgan fingerprint density at radius 2 is 2.10 bits per heavy atom. The smallest absolute Gasteiger partial charge is 0.255 e. The van der Waals surface area contributed by atoms with Gasteiger partial charge in [0.1, 0.15) is 0 Å². The van der Waals surface area contributed by atoms with Gasteiger partial charge in [0.05, 0.1) is 6.54 Å². The number of fused-ring (bicyclic) bond motifs is 1. The predicted molar refractivity (Wildman–Crippen MR) is 72.0 cm³/mol. The van der Waals surface area contributed by atoms with Crippen molar-refractivity contribution in [2.24, 2.45) is 5.73 Å². The first-order chi connectivity index (χ1) is 9.56. The molecule has 0 saturated carbocycles. The van der Waals surface area contributed by atoms with Crippen LogP contribution < -0.4 is 10.6 Å². The van der Waals surface area contributed by atoms with Crippen LogP contribution in [0.1, 0.15) is 28.8 Å². The molecule has 1 fully saturated rings. The number of primary amides is 1. The van der Waals surface area contributed by atoms with E-state index in [0.717, 1.165) is 17.7 Å². The summed E-state index contributed by atoms with van der Waals surface area (Å²) in [5, 5.41) is 0. The molecule has 1 aromatic carbocycles. The topological polar surface area (TPSA) is 83.7 Å². The summed E-state index contributed by atoms with van der Waals surface area (Å²) in [5.41, 5.74) is 7.31. The van der Waals surface area contributed by atoms with Gasteiger partial charge in [0.25, 0.3) is 5.91 Å². The van der Waals surface area contributed by atoms with E-state index < -0.39 is 5.91 Å². The minimum absolute atomic E-state index is 0.0779.